The fraction of sp³-hybridized carbons (Fsp3) is 0.333. The van der Waals surface area contributed by atoms with Crippen LogP contribution in [0.15, 0.2) is 18.2 Å². The molecule has 1 aromatic rings. The lowest BCUT2D eigenvalue weighted by atomic mass is 9.66. The quantitative estimate of drug-likeness (QED) is 0.785. The van der Waals surface area contributed by atoms with Gasteiger partial charge in [-0.2, -0.15) is 5.26 Å². The normalized spacial score (nSPS) is 26.4. The molecule has 0 unspecified atom stereocenters. The van der Waals surface area contributed by atoms with Crippen LogP contribution >= 0.6 is 0 Å². The molecule has 3 rings (SSSR count). The fourth-order valence-corrected chi connectivity index (χ4v) is 3.08. The minimum atomic E-state index is -1.20. The van der Waals surface area contributed by atoms with Gasteiger partial charge in [-0.15, -0.1) is 0 Å². The number of nitrogens with two attached hydrogens (primary N) is 1. The van der Waals surface area contributed by atoms with Crippen molar-refractivity contribution in [2.75, 3.05) is 11.4 Å². The molecule has 0 atom stereocenters. The summed E-state index contributed by atoms with van der Waals surface area (Å²) in [6.07, 6.45) is 0.225. The number of anilines is 1. The molecule has 1 heterocycles. The number of hydrogen-bond donors (Lipinski definition) is 2. The first-order valence-electron chi connectivity index (χ1n) is 6.98. The van der Waals surface area contributed by atoms with Crippen LogP contribution in [0.2, 0.25) is 0 Å². The molecule has 1 saturated carbocycles. The maximum Gasteiger partial charge on any atom is 0.253 e. The van der Waals surface area contributed by atoms with Gasteiger partial charge in [0.2, 0.25) is 11.8 Å². The van der Waals surface area contributed by atoms with Gasteiger partial charge in [0, 0.05) is 5.92 Å². The van der Waals surface area contributed by atoms with Crippen LogP contribution in [0, 0.1) is 23.1 Å². The lowest BCUT2D eigenvalue weighted by Crippen LogP contribution is -2.73. The molecule has 3 amide bonds. The predicted molar refractivity (Wildman–Crippen MR) is 76.3 cm³/mol. The van der Waals surface area contributed by atoms with Crippen molar-refractivity contribution in [2.24, 2.45) is 11.7 Å². The van der Waals surface area contributed by atoms with Gasteiger partial charge >= 0.3 is 0 Å². The van der Waals surface area contributed by atoms with Crippen molar-refractivity contribution in [1.29, 1.82) is 5.26 Å². The Morgan fingerprint density at radius 1 is 1.43 bits per heavy atom. The molecule has 1 aliphatic heterocycles. The van der Waals surface area contributed by atoms with Crippen LogP contribution in [-0.2, 0) is 14.4 Å². The van der Waals surface area contributed by atoms with E-state index >= 15 is 0 Å². The van der Waals surface area contributed by atoms with Gasteiger partial charge < -0.3 is 11.1 Å². The van der Waals surface area contributed by atoms with Gasteiger partial charge in [0.15, 0.2) is 0 Å². The zero-order valence-electron chi connectivity index (χ0n) is 12.0. The van der Waals surface area contributed by atoms with E-state index < -0.39 is 35.0 Å². The molecule has 23 heavy (non-hydrogen) atoms. The first-order valence-corrected chi connectivity index (χ1v) is 6.98. The number of amides is 3. The van der Waals surface area contributed by atoms with E-state index in [0.29, 0.717) is 0 Å². The van der Waals surface area contributed by atoms with E-state index in [1.165, 1.54) is 12.1 Å². The Morgan fingerprint density at radius 3 is 2.70 bits per heavy atom. The van der Waals surface area contributed by atoms with E-state index in [1.807, 2.05) is 0 Å². The van der Waals surface area contributed by atoms with Crippen molar-refractivity contribution in [1.82, 2.24) is 5.32 Å². The smallest absolute Gasteiger partial charge is 0.253 e. The number of nitrogens with zero attached hydrogens (tertiary/aromatic N) is 2. The number of primary amides is 1. The van der Waals surface area contributed by atoms with Crippen molar-refractivity contribution in [3.8, 4) is 6.07 Å². The zero-order chi connectivity index (χ0) is 16.8. The highest BCUT2D eigenvalue weighted by Gasteiger charge is 2.57. The molecule has 2 fully saturated rings. The number of rotatable bonds is 2. The predicted octanol–water partition coefficient (Wildman–Crippen LogP) is -0.206. The minimum absolute atomic E-state index is 0.0641. The van der Waals surface area contributed by atoms with Crippen LogP contribution in [0.5, 0.6) is 0 Å². The summed E-state index contributed by atoms with van der Waals surface area (Å²) >= 11 is 0. The Morgan fingerprint density at radius 2 is 2.13 bits per heavy atom. The SMILES string of the molecule is N#Cc1ccc(N2CC(=O)NC3(CC(C(N)=O)C3)C2=O)c(F)c1. The molecule has 1 aromatic carbocycles. The van der Waals surface area contributed by atoms with Gasteiger partial charge in [-0.3, -0.25) is 19.3 Å². The van der Waals surface area contributed by atoms with Gasteiger partial charge in [-0.25, -0.2) is 4.39 Å². The molecule has 0 radical (unpaired) electrons. The van der Waals surface area contributed by atoms with E-state index in [9.17, 15) is 18.8 Å². The summed E-state index contributed by atoms with van der Waals surface area (Å²) in [7, 11) is 0. The summed E-state index contributed by atoms with van der Waals surface area (Å²) < 4.78 is 14.1. The highest BCUT2D eigenvalue weighted by molar-refractivity contribution is 6.10. The molecule has 1 saturated heterocycles. The van der Waals surface area contributed by atoms with E-state index in [2.05, 4.69) is 5.32 Å². The number of carbonyl (C=O) groups excluding carboxylic acids is 3. The zero-order valence-corrected chi connectivity index (χ0v) is 12.0. The molecule has 1 spiro atoms. The maximum atomic E-state index is 14.1. The molecule has 8 heteroatoms. The van der Waals surface area contributed by atoms with Gasteiger partial charge in [-0.1, -0.05) is 0 Å². The molecule has 2 aliphatic rings. The Kier molecular flexibility index (Phi) is 3.29. The standard InChI is InChI=1S/C15H13FN4O3/c16-10-3-8(6-17)1-2-11(10)20-7-12(21)19-15(14(20)23)4-9(5-15)13(18)22/h1-3,9H,4-5,7H2,(H2,18,22)(H,19,21). The van der Waals surface area contributed by atoms with Crippen LogP contribution in [-0.4, -0.2) is 29.8 Å². The molecular weight excluding hydrogens is 303 g/mol. The summed E-state index contributed by atoms with van der Waals surface area (Å²) in [6, 6.07) is 5.48. The van der Waals surface area contributed by atoms with Crippen molar-refractivity contribution in [3.05, 3.63) is 29.6 Å². The Bertz CT molecular complexity index is 764. The van der Waals surface area contributed by atoms with Crippen molar-refractivity contribution in [3.63, 3.8) is 0 Å². The van der Waals surface area contributed by atoms with E-state index in [0.717, 1.165) is 11.0 Å². The number of carbonyl (C=O) groups is 3. The average Bonchev–Trinajstić information content (AvgIpc) is 2.46. The largest absolute Gasteiger partial charge is 0.369 e. The van der Waals surface area contributed by atoms with Crippen LogP contribution in [0.4, 0.5) is 10.1 Å². The van der Waals surface area contributed by atoms with Crippen LogP contribution in [0.3, 0.4) is 0 Å². The average molecular weight is 316 g/mol. The molecule has 118 valence electrons. The van der Waals surface area contributed by atoms with Crippen LogP contribution in [0.25, 0.3) is 0 Å². The van der Waals surface area contributed by atoms with Crippen molar-refractivity contribution >= 4 is 23.4 Å². The lowest BCUT2D eigenvalue weighted by molar-refractivity contribution is -0.145. The molecule has 0 aromatic heterocycles. The number of halogens is 1. The number of hydrogen-bond acceptors (Lipinski definition) is 4. The highest BCUT2D eigenvalue weighted by Crippen LogP contribution is 2.41. The maximum absolute atomic E-state index is 14.1. The Labute approximate surface area is 130 Å². The third-order valence-corrected chi connectivity index (χ3v) is 4.29. The lowest BCUT2D eigenvalue weighted by Gasteiger charge is -2.50. The van der Waals surface area contributed by atoms with Crippen molar-refractivity contribution in [2.45, 2.75) is 18.4 Å². The third kappa shape index (κ3) is 2.30. The van der Waals surface area contributed by atoms with Crippen LogP contribution in [0.1, 0.15) is 18.4 Å². The number of benzene rings is 1. The topological polar surface area (TPSA) is 116 Å². The number of piperazine rings is 1. The molecular formula is C15H13FN4O3. The molecule has 7 nitrogen and oxygen atoms in total. The van der Waals surface area contributed by atoms with Crippen LogP contribution < -0.4 is 16.0 Å². The molecule has 3 N–H and O–H groups in total. The summed E-state index contributed by atoms with van der Waals surface area (Å²) in [4.78, 5) is 36.8. The summed E-state index contributed by atoms with van der Waals surface area (Å²) in [5.74, 6) is -2.67. The van der Waals surface area contributed by atoms with Gasteiger partial charge in [0.1, 0.15) is 17.9 Å². The van der Waals surface area contributed by atoms with Gasteiger partial charge in [0.05, 0.1) is 17.3 Å². The first kappa shape index (κ1) is 15.0. The van der Waals surface area contributed by atoms with E-state index in [1.54, 1.807) is 6.07 Å². The fourth-order valence-electron chi connectivity index (χ4n) is 3.08. The second kappa shape index (κ2) is 5.05. The second-order valence-corrected chi connectivity index (χ2v) is 5.81. The highest BCUT2D eigenvalue weighted by atomic mass is 19.1. The van der Waals surface area contributed by atoms with Crippen molar-refractivity contribution < 1.29 is 18.8 Å². The first-order chi connectivity index (χ1) is 10.9. The summed E-state index contributed by atoms with van der Waals surface area (Å²) in [6.45, 7) is -0.315. The second-order valence-electron chi connectivity index (χ2n) is 5.81. The summed E-state index contributed by atoms with van der Waals surface area (Å²) in [5.41, 5.74) is 4.06. The van der Waals surface area contributed by atoms with E-state index in [-0.39, 0.29) is 30.6 Å². The third-order valence-electron chi connectivity index (χ3n) is 4.29. The summed E-state index contributed by atoms with van der Waals surface area (Å²) in [5, 5.41) is 11.4. The Balaban J connectivity index is 1.92. The monoisotopic (exact) mass is 316 g/mol. The Hall–Kier alpha value is -2.95. The van der Waals surface area contributed by atoms with E-state index in [4.69, 9.17) is 11.0 Å². The minimum Gasteiger partial charge on any atom is -0.369 e. The number of nitrogens with one attached hydrogen (secondary N) is 1. The number of nitriles is 1. The molecule has 1 aliphatic carbocycles. The van der Waals surface area contributed by atoms with Gasteiger partial charge in [-0.05, 0) is 31.0 Å². The molecule has 0 bridgehead atoms. The van der Waals surface area contributed by atoms with Gasteiger partial charge in [0.25, 0.3) is 5.91 Å².